The van der Waals surface area contributed by atoms with Crippen LogP contribution in [0.2, 0.25) is 0 Å². The number of rotatable bonds is 5. The molecule has 0 bridgehead atoms. The number of hydrogen-bond donors (Lipinski definition) is 3. The van der Waals surface area contributed by atoms with Gasteiger partial charge in [-0.3, -0.25) is 5.32 Å². The van der Waals surface area contributed by atoms with E-state index in [-0.39, 0.29) is 5.82 Å². The number of benzene rings is 2. The monoisotopic (exact) mass is 462 g/mol. The molecule has 3 aromatic heterocycles. The summed E-state index contributed by atoms with van der Waals surface area (Å²) < 4.78 is 13.7. The number of H-pyrrole nitrogens is 1. The van der Waals surface area contributed by atoms with Gasteiger partial charge in [-0.2, -0.15) is 0 Å². The number of hydrogen-bond acceptors (Lipinski definition) is 6. The largest absolute Gasteiger partial charge is 0.339 e. The summed E-state index contributed by atoms with van der Waals surface area (Å²) in [5.74, 6) is -0.364. The third-order valence-corrected chi connectivity index (χ3v) is 6.49. The number of thiazole rings is 1. The van der Waals surface area contributed by atoms with Crippen LogP contribution in [0.3, 0.4) is 0 Å². The molecule has 2 aromatic carbocycles. The van der Waals surface area contributed by atoms with Gasteiger partial charge in [-0.25, -0.2) is 24.1 Å². The number of fused-ring (bicyclic) bond motifs is 1. The number of aromatic nitrogens is 4. The maximum absolute atomic E-state index is 13.0. The Bertz CT molecular complexity index is 1380. The summed E-state index contributed by atoms with van der Waals surface area (Å²) in [6.07, 6.45) is 3.10. The van der Waals surface area contributed by atoms with E-state index >= 15 is 0 Å². The van der Waals surface area contributed by atoms with E-state index in [0.717, 1.165) is 31.7 Å². The zero-order valence-corrected chi connectivity index (χ0v) is 18.0. The highest BCUT2D eigenvalue weighted by molar-refractivity contribution is 8.01. The van der Waals surface area contributed by atoms with Crippen LogP contribution < -0.4 is 10.6 Å². The normalized spacial score (nSPS) is 10.9. The quantitative estimate of drug-likeness (QED) is 0.278. The molecule has 5 aromatic rings. The van der Waals surface area contributed by atoms with Gasteiger partial charge in [0.05, 0.1) is 11.6 Å². The summed E-state index contributed by atoms with van der Waals surface area (Å²) in [5, 5.41) is 7.63. The van der Waals surface area contributed by atoms with Gasteiger partial charge in [0, 0.05) is 11.4 Å². The van der Waals surface area contributed by atoms with Crippen LogP contribution in [0.1, 0.15) is 0 Å². The Morgan fingerprint density at radius 1 is 1.00 bits per heavy atom. The number of halogens is 1. The summed E-state index contributed by atoms with van der Waals surface area (Å²) in [4.78, 5) is 28.6. The molecular formula is C22H15FN6OS2. The highest BCUT2D eigenvalue weighted by atomic mass is 32.2. The van der Waals surface area contributed by atoms with E-state index in [1.165, 1.54) is 53.7 Å². The van der Waals surface area contributed by atoms with Crippen molar-refractivity contribution in [1.82, 2.24) is 19.9 Å². The van der Waals surface area contributed by atoms with Gasteiger partial charge in [-0.15, -0.1) is 0 Å². The molecule has 7 nitrogen and oxygen atoms in total. The van der Waals surface area contributed by atoms with Crippen molar-refractivity contribution in [1.29, 1.82) is 0 Å². The van der Waals surface area contributed by atoms with Crippen molar-refractivity contribution in [2.75, 3.05) is 10.6 Å². The average molecular weight is 463 g/mol. The van der Waals surface area contributed by atoms with Crippen LogP contribution in [0.4, 0.5) is 19.9 Å². The van der Waals surface area contributed by atoms with Crippen molar-refractivity contribution < 1.29 is 9.18 Å². The lowest BCUT2D eigenvalue weighted by atomic mass is 10.1. The molecule has 10 heteroatoms. The molecule has 0 unspecified atom stereocenters. The third-order valence-electron chi connectivity index (χ3n) is 4.48. The maximum atomic E-state index is 13.0. The molecule has 2 amide bonds. The Morgan fingerprint density at radius 3 is 2.62 bits per heavy atom. The fourth-order valence-electron chi connectivity index (χ4n) is 3.02. The van der Waals surface area contributed by atoms with Crippen LogP contribution in [-0.4, -0.2) is 26.0 Å². The van der Waals surface area contributed by atoms with E-state index in [2.05, 4.69) is 30.6 Å². The summed E-state index contributed by atoms with van der Waals surface area (Å²) in [5.41, 5.74) is 3.26. The number of anilines is 2. The first kappa shape index (κ1) is 20.2. The maximum Gasteiger partial charge on any atom is 0.324 e. The average Bonchev–Trinajstić information content (AvgIpc) is 3.43. The molecule has 0 aliphatic heterocycles. The summed E-state index contributed by atoms with van der Waals surface area (Å²) in [7, 11) is 0. The van der Waals surface area contributed by atoms with Crippen LogP contribution in [0.5, 0.6) is 0 Å². The van der Waals surface area contributed by atoms with E-state index in [1.807, 2.05) is 36.4 Å². The lowest BCUT2D eigenvalue weighted by Crippen LogP contribution is -2.18. The molecule has 158 valence electrons. The first-order valence-electron chi connectivity index (χ1n) is 9.50. The van der Waals surface area contributed by atoms with E-state index < -0.39 is 6.03 Å². The van der Waals surface area contributed by atoms with Crippen molar-refractivity contribution in [2.45, 2.75) is 9.37 Å². The molecule has 0 fully saturated rings. The number of nitrogens with one attached hydrogen (secondary N) is 3. The third kappa shape index (κ3) is 4.46. The van der Waals surface area contributed by atoms with Crippen LogP contribution in [-0.2, 0) is 0 Å². The topological polar surface area (TPSA) is 95.6 Å². The van der Waals surface area contributed by atoms with Gasteiger partial charge in [0.15, 0.2) is 4.34 Å². The second-order valence-electron chi connectivity index (χ2n) is 6.67. The Kier molecular flexibility index (Phi) is 5.53. The number of amides is 2. The molecule has 0 aliphatic rings. The molecule has 3 heterocycles. The van der Waals surface area contributed by atoms with E-state index in [1.54, 1.807) is 6.20 Å². The lowest BCUT2D eigenvalue weighted by Gasteiger charge is -2.05. The highest BCUT2D eigenvalue weighted by Crippen LogP contribution is 2.36. The molecule has 3 N–H and O–H groups in total. The zero-order valence-electron chi connectivity index (χ0n) is 16.4. The second-order valence-corrected chi connectivity index (χ2v) is 8.94. The molecule has 0 radical (unpaired) electrons. The molecule has 0 spiro atoms. The number of aromatic amines is 1. The van der Waals surface area contributed by atoms with Crippen LogP contribution in [0, 0.1) is 5.82 Å². The number of carbonyl (C=O) groups excluding carboxylic acids is 1. The smallest absolute Gasteiger partial charge is 0.324 e. The number of carbonyl (C=O) groups is 1. The van der Waals surface area contributed by atoms with Crippen molar-refractivity contribution >= 4 is 50.9 Å². The molecular weight excluding hydrogens is 447 g/mol. The highest BCUT2D eigenvalue weighted by Gasteiger charge is 2.13. The predicted molar refractivity (Wildman–Crippen MR) is 125 cm³/mol. The summed E-state index contributed by atoms with van der Waals surface area (Å²) in [6, 6.07) is 17.1. The number of urea groups is 1. The van der Waals surface area contributed by atoms with Gasteiger partial charge >= 0.3 is 6.03 Å². The van der Waals surface area contributed by atoms with Crippen molar-refractivity contribution in [3.63, 3.8) is 0 Å². The van der Waals surface area contributed by atoms with Gasteiger partial charge in [-0.1, -0.05) is 41.7 Å². The van der Waals surface area contributed by atoms with Gasteiger partial charge in [-0.05, 0) is 47.7 Å². The Labute approximate surface area is 190 Å². The number of nitrogens with zero attached hydrogens (tertiary/aromatic N) is 3. The fraction of sp³-hybridized carbons (Fsp3) is 0. The van der Waals surface area contributed by atoms with Crippen molar-refractivity contribution in [2.24, 2.45) is 0 Å². The first-order chi connectivity index (χ1) is 15.6. The Balaban J connectivity index is 1.30. The van der Waals surface area contributed by atoms with Crippen LogP contribution in [0.25, 0.3) is 22.3 Å². The molecule has 0 atom stereocenters. The minimum absolute atomic E-state index is 0.364. The molecule has 0 aliphatic carbocycles. The SMILES string of the molecule is O=C(Nc1ccc(F)cc1)Nc1cnc(Sc2ncnc3[nH]c(-c4ccccc4)cc23)s1. The lowest BCUT2D eigenvalue weighted by molar-refractivity contribution is 0.262. The Hall–Kier alpha value is -3.76. The van der Waals surface area contributed by atoms with E-state index in [0.29, 0.717) is 10.7 Å². The Morgan fingerprint density at radius 2 is 1.81 bits per heavy atom. The second kappa shape index (κ2) is 8.77. The summed E-state index contributed by atoms with van der Waals surface area (Å²) >= 11 is 2.73. The molecule has 32 heavy (non-hydrogen) atoms. The zero-order chi connectivity index (χ0) is 21.9. The van der Waals surface area contributed by atoms with Gasteiger partial charge < -0.3 is 10.3 Å². The predicted octanol–water partition coefficient (Wildman–Crippen LogP) is 6.02. The standard InChI is InChI=1S/C22H15FN6OS2/c23-14-6-8-15(9-7-14)27-21(30)29-18-11-24-22(31-18)32-20-16-10-17(13-4-2-1-3-5-13)28-19(16)25-12-26-20/h1-12H,(H,25,26,28)(H2,27,29,30). The van der Waals surface area contributed by atoms with Gasteiger partial charge in [0.25, 0.3) is 0 Å². The minimum Gasteiger partial charge on any atom is -0.339 e. The van der Waals surface area contributed by atoms with E-state index in [4.69, 9.17) is 0 Å². The first-order valence-corrected chi connectivity index (χ1v) is 11.1. The minimum atomic E-state index is -0.431. The van der Waals surface area contributed by atoms with Crippen LogP contribution >= 0.6 is 23.1 Å². The van der Waals surface area contributed by atoms with E-state index in [9.17, 15) is 9.18 Å². The van der Waals surface area contributed by atoms with Crippen LogP contribution in [0.15, 0.2) is 82.6 Å². The van der Waals surface area contributed by atoms with Gasteiger partial charge in [0.1, 0.15) is 27.8 Å². The van der Waals surface area contributed by atoms with Gasteiger partial charge in [0.2, 0.25) is 0 Å². The van der Waals surface area contributed by atoms with Crippen molar-refractivity contribution in [3.05, 3.63) is 79.0 Å². The fourth-order valence-corrected chi connectivity index (χ4v) is 4.88. The molecule has 0 saturated carbocycles. The molecule has 5 rings (SSSR count). The van der Waals surface area contributed by atoms with Crippen molar-refractivity contribution in [3.8, 4) is 11.3 Å². The summed E-state index contributed by atoms with van der Waals surface area (Å²) in [6.45, 7) is 0. The molecule has 0 saturated heterocycles.